The van der Waals surface area contributed by atoms with Crippen molar-refractivity contribution >= 4 is 28.7 Å². The summed E-state index contributed by atoms with van der Waals surface area (Å²) < 4.78 is 11.6. The maximum absolute atomic E-state index is 11.6. The van der Waals surface area contributed by atoms with Crippen LogP contribution in [0.4, 0.5) is 4.79 Å². The Labute approximate surface area is 133 Å². The molecule has 0 aliphatic heterocycles. The van der Waals surface area contributed by atoms with Gasteiger partial charge in [-0.15, -0.1) is 0 Å². The van der Waals surface area contributed by atoms with Crippen LogP contribution in [-0.2, 0) is 11.3 Å². The summed E-state index contributed by atoms with van der Waals surface area (Å²) in [5.74, 6) is 0.943. The number of ether oxygens (including phenoxy) is 1. The summed E-state index contributed by atoms with van der Waals surface area (Å²) in [5, 5.41) is 6.29. The van der Waals surface area contributed by atoms with Crippen molar-refractivity contribution in [1.82, 2.24) is 10.6 Å². The fraction of sp³-hybridized carbons (Fsp3) is 0.643. The highest BCUT2D eigenvalue weighted by atomic mass is 127. The first-order valence-electron chi connectivity index (χ1n) is 6.79. The van der Waals surface area contributed by atoms with Gasteiger partial charge in [-0.25, -0.2) is 4.79 Å². The van der Waals surface area contributed by atoms with E-state index in [4.69, 9.17) is 9.15 Å². The molecule has 1 aliphatic rings. The minimum atomic E-state index is -0.443. The predicted octanol–water partition coefficient (Wildman–Crippen LogP) is 3.03. The molecule has 1 amide bonds. The smallest absolute Gasteiger partial charge is 0.407 e. The van der Waals surface area contributed by atoms with Gasteiger partial charge in [0.1, 0.15) is 11.4 Å². The lowest BCUT2D eigenvalue weighted by molar-refractivity contribution is 0.0464. The van der Waals surface area contributed by atoms with Gasteiger partial charge in [0, 0.05) is 12.1 Å². The van der Waals surface area contributed by atoms with Crippen LogP contribution in [0.2, 0.25) is 0 Å². The highest BCUT2D eigenvalue weighted by Gasteiger charge is 2.31. The van der Waals surface area contributed by atoms with Crippen LogP contribution in [0.15, 0.2) is 16.5 Å². The molecule has 1 fully saturated rings. The second-order valence-corrected chi connectivity index (χ2v) is 7.16. The molecular weight excluding hydrogens is 371 g/mol. The molecule has 1 aromatic heterocycles. The van der Waals surface area contributed by atoms with E-state index < -0.39 is 5.60 Å². The molecule has 5 nitrogen and oxygen atoms in total. The second kappa shape index (κ2) is 6.34. The van der Waals surface area contributed by atoms with Gasteiger partial charge in [0.15, 0.2) is 3.77 Å². The number of nitrogens with one attached hydrogen (secondary N) is 2. The lowest BCUT2D eigenvalue weighted by Gasteiger charge is -2.36. The standard InChI is InChI=1S/C14H21IN2O3/c1-14(2,3)20-13(18)17-10-6-9(7-10)16-8-11-4-5-12(15)19-11/h4-5,9-10,16H,6-8H2,1-3H3,(H,17,18). The fourth-order valence-corrected chi connectivity index (χ4v) is 2.53. The molecule has 0 unspecified atom stereocenters. The minimum absolute atomic E-state index is 0.207. The largest absolute Gasteiger partial charge is 0.454 e. The first kappa shape index (κ1) is 15.6. The van der Waals surface area contributed by atoms with E-state index in [1.54, 1.807) is 0 Å². The van der Waals surface area contributed by atoms with Crippen LogP contribution >= 0.6 is 22.6 Å². The SMILES string of the molecule is CC(C)(C)OC(=O)NC1CC(NCc2ccc(I)o2)C1. The average Bonchev–Trinajstić information content (AvgIpc) is 2.64. The zero-order chi connectivity index (χ0) is 14.8. The molecule has 112 valence electrons. The summed E-state index contributed by atoms with van der Waals surface area (Å²) in [5.41, 5.74) is -0.443. The van der Waals surface area contributed by atoms with Crippen LogP contribution < -0.4 is 10.6 Å². The number of halogens is 1. The molecular formula is C14H21IN2O3. The average molecular weight is 392 g/mol. The number of amides is 1. The lowest BCUT2D eigenvalue weighted by Crippen LogP contribution is -2.52. The molecule has 1 heterocycles. The van der Waals surface area contributed by atoms with Gasteiger partial charge in [0.05, 0.1) is 6.54 Å². The molecule has 1 saturated carbocycles. The van der Waals surface area contributed by atoms with Gasteiger partial charge in [-0.05, 0) is 68.3 Å². The van der Waals surface area contributed by atoms with E-state index in [1.165, 1.54) is 0 Å². The van der Waals surface area contributed by atoms with Crippen molar-refractivity contribution in [1.29, 1.82) is 0 Å². The van der Waals surface area contributed by atoms with Crippen molar-refractivity contribution in [3.8, 4) is 0 Å². The maximum atomic E-state index is 11.6. The Bertz CT molecular complexity index is 461. The van der Waals surface area contributed by atoms with Crippen LogP contribution in [0.1, 0.15) is 39.4 Å². The van der Waals surface area contributed by atoms with Gasteiger partial charge < -0.3 is 19.8 Å². The van der Waals surface area contributed by atoms with Crippen molar-refractivity contribution < 1.29 is 13.9 Å². The van der Waals surface area contributed by atoms with E-state index >= 15 is 0 Å². The Hall–Kier alpha value is -0.760. The van der Waals surface area contributed by atoms with Gasteiger partial charge in [-0.3, -0.25) is 0 Å². The molecule has 6 heteroatoms. The molecule has 1 aliphatic carbocycles. The molecule has 20 heavy (non-hydrogen) atoms. The molecule has 0 bridgehead atoms. The molecule has 2 N–H and O–H groups in total. The highest BCUT2D eigenvalue weighted by Crippen LogP contribution is 2.21. The molecule has 0 aromatic carbocycles. The van der Waals surface area contributed by atoms with E-state index in [-0.39, 0.29) is 12.1 Å². The van der Waals surface area contributed by atoms with E-state index in [0.29, 0.717) is 6.04 Å². The van der Waals surface area contributed by atoms with Crippen molar-refractivity contribution in [2.45, 2.75) is 57.8 Å². The third-order valence-electron chi connectivity index (χ3n) is 3.05. The van der Waals surface area contributed by atoms with Crippen molar-refractivity contribution in [2.24, 2.45) is 0 Å². The van der Waals surface area contributed by atoms with Gasteiger partial charge in [-0.2, -0.15) is 0 Å². The number of carbonyl (C=O) groups is 1. The van der Waals surface area contributed by atoms with E-state index in [0.717, 1.165) is 28.9 Å². The van der Waals surface area contributed by atoms with Gasteiger partial charge in [-0.1, -0.05) is 0 Å². The van der Waals surface area contributed by atoms with Gasteiger partial charge in [0.25, 0.3) is 0 Å². The van der Waals surface area contributed by atoms with Crippen molar-refractivity contribution in [3.63, 3.8) is 0 Å². The Morgan fingerprint density at radius 3 is 2.65 bits per heavy atom. The van der Waals surface area contributed by atoms with Crippen LogP contribution in [0, 0.1) is 3.77 Å². The number of furan rings is 1. The van der Waals surface area contributed by atoms with Crippen LogP contribution in [0.25, 0.3) is 0 Å². The summed E-state index contributed by atoms with van der Waals surface area (Å²) >= 11 is 2.15. The van der Waals surface area contributed by atoms with E-state index in [9.17, 15) is 4.79 Å². The van der Waals surface area contributed by atoms with Crippen LogP contribution in [0.5, 0.6) is 0 Å². The molecule has 0 atom stereocenters. The number of alkyl carbamates (subject to hydrolysis) is 1. The van der Waals surface area contributed by atoms with Crippen molar-refractivity contribution in [2.75, 3.05) is 0 Å². The minimum Gasteiger partial charge on any atom is -0.454 e. The van der Waals surface area contributed by atoms with Gasteiger partial charge >= 0.3 is 6.09 Å². The Kier molecular flexibility index (Phi) is 4.95. The molecule has 0 radical (unpaired) electrons. The summed E-state index contributed by atoms with van der Waals surface area (Å²) in [7, 11) is 0. The molecule has 2 rings (SSSR count). The molecule has 1 aromatic rings. The third kappa shape index (κ3) is 4.97. The van der Waals surface area contributed by atoms with Gasteiger partial charge in [0.2, 0.25) is 0 Å². The number of hydrogen-bond acceptors (Lipinski definition) is 4. The number of rotatable bonds is 4. The van der Waals surface area contributed by atoms with E-state index in [2.05, 4.69) is 33.2 Å². The lowest BCUT2D eigenvalue weighted by atomic mass is 9.87. The Morgan fingerprint density at radius 2 is 2.10 bits per heavy atom. The number of hydrogen-bond donors (Lipinski definition) is 2. The van der Waals surface area contributed by atoms with Crippen molar-refractivity contribution in [3.05, 3.63) is 21.7 Å². The first-order valence-corrected chi connectivity index (χ1v) is 7.87. The summed E-state index contributed by atoms with van der Waals surface area (Å²) in [6.07, 6.45) is 1.52. The summed E-state index contributed by atoms with van der Waals surface area (Å²) in [6, 6.07) is 4.56. The fourth-order valence-electron chi connectivity index (χ4n) is 2.07. The number of carbonyl (C=O) groups excluding carboxylic acids is 1. The Balaban J connectivity index is 1.61. The normalized spacial score (nSPS) is 22.2. The summed E-state index contributed by atoms with van der Waals surface area (Å²) in [4.78, 5) is 11.6. The predicted molar refractivity (Wildman–Crippen MR) is 84.4 cm³/mol. The maximum Gasteiger partial charge on any atom is 0.407 e. The van der Waals surface area contributed by atoms with E-state index in [1.807, 2.05) is 32.9 Å². The highest BCUT2D eigenvalue weighted by molar-refractivity contribution is 14.1. The quantitative estimate of drug-likeness (QED) is 0.774. The van der Waals surface area contributed by atoms with Crippen LogP contribution in [0.3, 0.4) is 0 Å². The summed E-state index contributed by atoms with van der Waals surface area (Å²) in [6.45, 7) is 6.32. The first-order chi connectivity index (χ1) is 9.32. The second-order valence-electron chi connectivity index (χ2n) is 6.10. The molecule has 0 spiro atoms. The monoisotopic (exact) mass is 392 g/mol. The molecule has 0 saturated heterocycles. The van der Waals surface area contributed by atoms with Crippen LogP contribution in [-0.4, -0.2) is 23.8 Å². The zero-order valence-corrected chi connectivity index (χ0v) is 14.2. The zero-order valence-electron chi connectivity index (χ0n) is 12.0. The Morgan fingerprint density at radius 1 is 1.40 bits per heavy atom. The topological polar surface area (TPSA) is 63.5 Å². The third-order valence-corrected chi connectivity index (χ3v) is 3.63.